The van der Waals surface area contributed by atoms with Gasteiger partial charge in [-0.2, -0.15) is 16.8 Å². The van der Waals surface area contributed by atoms with Gasteiger partial charge in [0.2, 0.25) is 5.91 Å². The predicted octanol–water partition coefficient (Wildman–Crippen LogP) is -2.10. The van der Waals surface area contributed by atoms with Crippen molar-refractivity contribution in [3.63, 3.8) is 0 Å². The Morgan fingerprint density at radius 1 is 0.838 bits per heavy atom. The van der Waals surface area contributed by atoms with Crippen molar-refractivity contribution in [3.05, 3.63) is 0 Å². The van der Waals surface area contributed by atoms with Crippen LogP contribution in [0.2, 0.25) is 0 Å². The molecule has 0 radical (unpaired) electrons. The Kier molecular flexibility index (Phi) is 22.3. The number of ether oxygens (including phenoxy) is 6. The van der Waals surface area contributed by atoms with Crippen molar-refractivity contribution in [2.75, 3.05) is 26.9 Å². The molecule has 0 aromatic carbocycles. The average Bonchev–Trinajstić information content (AvgIpc) is 3.26. The third-order valence-electron chi connectivity index (χ3n) is 12.7. The first-order chi connectivity index (χ1) is 31.9. The van der Waals surface area contributed by atoms with Crippen LogP contribution in [0.15, 0.2) is 0 Å². The number of carboxylic acid groups (broad SMARTS) is 1. The molecule has 2 aliphatic heterocycles. The van der Waals surface area contributed by atoms with E-state index in [9.17, 15) is 71.2 Å². The zero-order valence-electron chi connectivity index (χ0n) is 38.2. The molecule has 2 saturated carbocycles. The normalized spacial score (nSPS) is 34.3. The Labute approximate surface area is 394 Å². The van der Waals surface area contributed by atoms with Crippen LogP contribution in [0.1, 0.15) is 91.4 Å². The quantitative estimate of drug-likeness (QED) is 0.0346. The van der Waals surface area contributed by atoms with Gasteiger partial charge in [0.05, 0.1) is 31.5 Å². The fourth-order valence-corrected chi connectivity index (χ4v) is 10.2. The van der Waals surface area contributed by atoms with Crippen molar-refractivity contribution in [2.45, 2.75) is 183 Å². The lowest BCUT2D eigenvalue weighted by Gasteiger charge is -2.49. The molecule has 0 bridgehead atoms. The molecule has 2 saturated heterocycles. The Bertz CT molecular complexity index is 1870. The number of hydrogen-bond acceptors (Lipinski definition) is 21. The van der Waals surface area contributed by atoms with Gasteiger partial charge < -0.3 is 69.7 Å². The van der Waals surface area contributed by atoms with Gasteiger partial charge in [0, 0.05) is 32.9 Å². The molecular weight excluding hydrogens is 957 g/mol. The van der Waals surface area contributed by atoms with Gasteiger partial charge >= 0.3 is 26.8 Å². The number of aliphatic hydroxyl groups is 5. The summed E-state index contributed by atoms with van der Waals surface area (Å²) < 4.78 is 109. The minimum atomic E-state index is -5.41. The van der Waals surface area contributed by atoms with Crippen LogP contribution in [0.4, 0.5) is 0 Å². The summed E-state index contributed by atoms with van der Waals surface area (Å²) in [4.78, 5) is 52.4. The predicted molar refractivity (Wildman–Crippen MR) is 227 cm³/mol. The molecule has 0 spiro atoms. The molecule has 6 unspecified atom stereocenters. The SMILES string of the molecule is CCC1CC(C(=O)CCCNC(=O)[C@@H](OS(=O)(=O)O)[C@H](COC)OS(=O)(=O)O)C[C@@H](O[C@@H]2O[C@@H](CO)[C@H](O)C(O[C@@H](CC3CCCCC3)C(=O)O)C2NC(C)=O)[C@@H]1O[C@@H]1OC(C)[C@@H](O)[C@H](O)C1O. The Morgan fingerprint density at radius 2 is 1.50 bits per heavy atom. The summed E-state index contributed by atoms with van der Waals surface area (Å²) in [5.41, 5.74) is 0. The molecular formula is C40H68N2O24S2. The monoisotopic (exact) mass is 1020 g/mol. The van der Waals surface area contributed by atoms with Crippen molar-refractivity contribution in [1.29, 1.82) is 0 Å². The van der Waals surface area contributed by atoms with Crippen molar-refractivity contribution < 1.29 is 113 Å². The van der Waals surface area contributed by atoms with Gasteiger partial charge in [-0.3, -0.25) is 23.5 Å². The van der Waals surface area contributed by atoms with E-state index < -0.39 is 156 Å². The summed E-state index contributed by atoms with van der Waals surface area (Å²) >= 11 is 0. The Morgan fingerprint density at radius 3 is 2.07 bits per heavy atom. The van der Waals surface area contributed by atoms with E-state index in [2.05, 4.69) is 19.0 Å². The zero-order chi connectivity index (χ0) is 50.7. The van der Waals surface area contributed by atoms with Crippen molar-refractivity contribution in [2.24, 2.45) is 17.8 Å². The zero-order valence-corrected chi connectivity index (χ0v) is 39.9. The Balaban J connectivity index is 1.61. The van der Waals surface area contributed by atoms with E-state index in [-0.39, 0.29) is 50.4 Å². The van der Waals surface area contributed by atoms with E-state index in [0.29, 0.717) is 6.42 Å². The van der Waals surface area contributed by atoms with E-state index in [1.165, 1.54) is 6.92 Å². The minimum Gasteiger partial charge on any atom is -0.479 e. The standard InChI is InChI=1S/C40H68N2O24S2/c1-5-22-15-23(24(45)12-9-13-41-37(50)35(66-68(56,57)58)28(18-59-4)65-67(53,54)55)16-25(34(22)64-40-33(49)32(48)30(46)19(2)60-40)62-39-29(42-20(3)44)36(31(47)27(17-43)63-39)61-26(38(51)52)14-21-10-7-6-8-11-21/h19,21-23,25-36,39-40,43,46-49H,5-18H2,1-4H3,(H,41,50)(H,42,44)(H,51,52)(H,53,54,55)(H,56,57,58)/t19?,22?,23?,25-,26+,27+,28+,29?,30-,31+,32+,33?,34-,35+,36?,39-,40+/m1/s1. The molecule has 394 valence electrons. The van der Waals surface area contributed by atoms with Crippen LogP contribution < -0.4 is 10.6 Å². The molecule has 0 aromatic rings. The van der Waals surface area contributed by atoms with Gasteiger partial charge in [0.25, 0.3) is 5.91 Å². The Hall–Kier alpha value is -2.62. The first kappa shape index (κ1) is 58.0. The van der Waals surface area contributed by atoms with Gasteiger partial charge in [0.1, 0.15) is 54.6 Å². The van der Waals surface area contributed by atoms with Gasteiger partial charge in [-0.05, 0) is 44.4 Å². The second-order valence-corrected chi connectivity index (χ2v) is 19.8. The molecule has 4 rings (SSSR count). The summed E-state index contributed by atoms with van der Waals surface area (Å²) in [6.07, 6.45) is -17.6. The topological polar surface area (TPSA) is 396 Å². The molecule has 2 aliphatic carbocycles. The van der Waals surface area contributed by atoms with Crippen molar-refractivity contribution in [3.8, 4) is 0 Å². The van der Waals surface area contributed by atoms with Crippen molar-refractivity contribution >= 4 is 44.4 Å². The first-order valence-electron chi connectivity index (χ1n) is 22.6. The number of rotatable bonds is 25. The second-order valence-electron chi connectivity index (χ2n) is 17.7. The summed E-state index contributed by atoms with van der Waals surface area (Å²) in [7, 11) is -9.68. The summed E-state index contributed by atoms with van der Waals surface area (Å²) in [5, 5.41) is 68.9. The van der Waals surface area contributed by atoms with Crippen LogP contribution in [0.3, 0.4) is 0 Å². The molecule has 4 aliphatic rings. The van der Waals surface area contributed by atoms with Crippen LogP contribution in [0.25, 0.3) is 0 Å². The minimum absolute atomic E-state index is 0.00943. The van der Waals surface area contributed by atoms with Crippen LogP contribution in [-0.2, 0) is 76.8 Å². The number of carboxylic acids is 1. The summed E-state index contributed by atoms with van der Waals surface area (Å²) in [6.45, 7) is 2.39. The highest BCUT2D eigenvalue weighted by Gasteiger charge is 2.53. The van der Waals surface area contributed by atoms with E-state index >= 15 is 0 Å². The molecule has 2 heterocycles. The molecule has 2 amide bonds. The van der Waals surface area contributed by atoms with Crippen LogP contribution in [0, 0.1) is 17.8 Å². The lowest BCUT2D eigenvalue weighted by atomic mass is 9.74. The number of Topliss-reactive ketones (excluding diaryl/α,β-unsaturated/α-hetero) is 1. The summed E-state index contributed by atoms with van der Waals surface area (Å²) in [6, 6.07) is -1.42. The molecule has 68 heavy (non-hydrogen) atoms. The summed E-state index contributed by atoms with van der Waals surface area (Å²) in [5.74, 6) is -5.11. The molecule has 10 N–H and O–H groups in total. The number of aliphatic hydroxyl groups excluding tert-OH is 5. The van der Waals surface area contributed by atoms with E-state index in [1.807, 2.05) is 0 Å². The fraction of sp³-hybridized carbons (Fsp3) is 0.900. The maximum Gasteiger partial charge on any atom is 0.398 e. The number of carbonyl (C=O) groups excluding carboxylic acids is 3. The average molecular weight is 1030 g/mol. The van der Waals surface area contributed by atoms with Crippen LogP contribution in [0.5, 0.6) is 0 Å². The maximum absolute atomic E-state index is 14.0. The van der Waals surface area contributed by atoms with E-state index in [0.717, 1.165) is 46.1 Å². The molecule has 17 atom stereocenters. The van der Waals surface area contributed by atoms with Crippen molar-refractivity contribution in [1.82, 2.24) is 10.6 Å². The number of aliphatic carboxylic acids is 1. The third-order valence-corrected chi connectivity index (χ3v) is 13.7. The molecule has 4 fully saturated rings. The highest BCUT2D eigenvalue weighted by molar-refractivity contribution is 7.81. The number of amides is 2. The van der Waals surface area contributed by atoms with E-state index in [1.54, 1.807) is 6.92 Å². The largest absolute Gasteiger partial charge is 0.479 e. The fourth-order valence-electron chi connectivity index (χ4n) is 9.29. The molecule has 0 aromatic heterocycles. The van der Waals surface area contributed by atoms with Gasteiger partial charge in [-0.15, -0.1) is 0 Å². The van der Waals surface area contributed by atoms with Gasteiger partial charge in [-0.1, -0.05) is 45.4 Å². The lowest BCUT2D eigenvalue weighted by Crippen LogP contribution is -2.67. The van der Waals surface area contributed by atoms with Gasteiger partial charge in [-0.25, -0.2) is 13.2 Å². The smallest absolute Gasteiger partial charge is 0.398 e. The van der Waals surface area contributed by atoms with Crippen LogP contribution in [-0.4, -0.2) is 199 Å². The lowest BCUT2D eigenvalue weighted by molar-refractivity contribution is -0.338. The van der Waals surface area contributed by atoms with Crippen LogP contribution >= 0.6 is 0 Å². The number of ketones is 1. The third kappa shape index (κ3) is 16.7. The van der Waals surface area contributed by atoms with Gasteiger partial charge in [0.15, 0.2) is 24.8 Å². The first-order valence-corrected chi connectivity index (χ1v) is 25.3. The maximum atomic E-state index is 14.0. The highest BCUT2D eigenvalue weighted by Crippen LogP contribution is 2.40. The number of hydrogen-bond donors (Lipinski definition) is 10. The number of nitrogens with one attached hydrogen (secondary N) is 2. The second kappa shape index (κ2) is 26.2. The highest BCUT2D eigenvalue weighted by atomic mass is 32.3. The van der Waals surface area contributed by atoms with E-state index in [4.69, 9.17) is 33.0 Å². The number of carbonyl (C=O) groups is 4. The molecule has 26 nitrogen and oxygen atoms in total. The molecule has 28 heteroatoms. The number of methoxy groups -OCH3 is 1.